The number of para-hydroxylation sites is 2. The van der Waals surface area contributed by atoms with Crippen LogP contribution in [0.1, 0.15) is 19.4 Å². The minimum atomic E-state index is -0.607. The quantitative estimate of drug-likeness (QED) is 0.382. The van der Waals surface area contributed by atoms with Crippen LogP contribution in [-0.2, 0) is 9.59 Å². The summed E-state index contributed by atoms with van der Waals surface area (Å²) in [6.45, 7) is 4.47. The maximum atomic E-state index is 13.2. The SMILES string of the molecule is CCOc1cc(/C=C2\C(=O)NC(=S)N(c3ccccc3OC)C2=O)cc(Cl)c1OCC. The molecule has 0 radical (unpaired) electrons. The molecule has 7 nitrogen and oxygen atoms in total. The van der Waals surface area contributed by atoms with Crippen molar-refractivity contribution in [2.75, 3.05) is 25.2 Å². The second kappa shape index (κ2) is 9.80. The number of carbonyl (C=O) groups is 2. The van der Waals surface area contributed by atoms with Crippen molar-refractivity contribution in [2.24, 2.45) is 0 Å². The zero-order valence-corrected chi connectivity index (χ0v) is 18.8. The van der Waals surface area contributed by atoms with Crippen LogP contribution in [0.15, 0.2) is 42.0 Å². The van der Waals surface area contributed by atoms with E-state index in [0.29, 0.717) is 46.7 Å². The third-order valence-corrected chi connectivity index (χ3v) is 4.92. The molecule has 2 amide bonds. The molecule has 0 atom stereocenters. The smallest absolute Gasteiger partial charge is 0.270 e. The molecule has 1 saturated heterocycles. The van der Waals surface area contributed by atoms with Gasteiger partial charge in [-0.1, -0.05) is 23.7 Å². The van der Waals surface area contributed by atoms with E-state index in [9.17, 15) is 9.59 Å². The second-order valence-electron chi connectivity index (χ2n) is 6.33. The van der Waals surface area contributed by atoms with Gasteiger partial charge in [0.25, 0.3) is 11.8 Å². The van der Waals surface area contributed by atoms with Crippen molar-refractivity contribution in [2.45, 2.75) is 13.8 Å². The average Bonchev–Trinajstić information content (AvgIpc) is 2.74. The monoisotopic (exact) mass is 460 g/mol. The van der Waals surface area contributed by atoms with Crippen LogP contribution in [0, 0.1) is 0 Å². The maximum Gasteiger partial charge on any atom is 0.270 e. The number of hydrogen-bond donors (Lipinski definition) is 1. The van der Waals surface area contributed by atoms with Crippen LogP contribution in [-0.4, -0.2) is 37.3 Å². The number of methoxy groups -OCH3 is 1. The van der Waals surface area contributed by atoms with Crippen LogP contribution < -0.4 is 24.4 Å². The van der Waals surface area contributed by atoms with Crippen molar-refractivity contribution >= 4 is 52.5 Å². The Kier molecular flexibility index (Phi) is 7.14. The lowest BCUT2D eigenvalue weighted by molar-refractivity contribution is -0.122. The van der Waals surface area contributed by atoms with Gasteiger partial charge in [0.2, 0.25) is 0 Å². The Bertz CT molecular complexity index is 1070. The molecule has 1 aliphatic rings. The summed E-state index contributed by atoms with van der Waals surface area (Å²) in [7, 11) is 1.49. The lowest BCUT2D eigenvalue weighted by atomic mass is 10.1. The van der Waals surface area contributed by atoms with Gasteiger partial charge in [-0.2, -0.15) is 0 Å². The summed E-state index contributed by atoms with van der Waals surface area (Å²) in [5, 5.41) is 2.83. The number of carbonyl (C=O) groups excluding carboxylic acids is 2. The van der Waals surface area contributed by atoms with E-state index in [0.717, 1.165) is 0 Å². The highest BCUT2D eigenvalue weighted by molar-refractivity contribution is 7.80. The van der Waals surface area contributed by atoms with Crippen LogP contribution in [0.2, 0.25) is 5.02 Å². The number of hydrogen-bond acceptors (Lipinski definition) is 6. The summed E-state index contributed by atoms with van der Waals surface area (Å²) >= 11 is 11.6. The Balaban J connectivity index is 2.06. The Morgan fingerprint density at radius 2 is 1.81 bits per heavy atom. The van der Waals surface area contributed by atoms with Gasteiger partial charge in [0.1, 0.15) is 11.3 Å². The molecule has 9 heteroatoms. The topological polar surface area (TPSA) is 77.1 Å². The Labute approximate surface area is 190 Å². The first-order chi connectivity index (χ1) is 14.9. The van der Waals surface area contributed by atoms with Crippen LogP contribution in [0.5, 0.6) is 17.2 Å². The van der Waals surface area contributed by atoms with E-state index < -0.39 is 11.8 Å². The molecule has 0 saturated carbocycles. The molecule has 31 heavy (non-hydrogen) atoms. The van der Waals surface area contributed by atoms with Crippen molar-refractivity contribution in [1.82, 2.24) is 5.32 Å². The maximum absolute atomic E-state index is 13.2. The van der Waals surface area contributed by atoms with Crippen molar-refractivity contribution in [1.29, 1.82) is 0 Å². The number of thiocarbonyl (C=S) groups is 1. The number of amides is 2. The predicted molar refractivity (Wildman–Crippen MR) is 123 cm³/mol. The third kappa shape index (κ3) is 4.65. The van der Waals surface area contributed by atoms with E-state index in [2.05, 4.69) is 5.32 Å². The fourth-order valence-corrected chi connectivity index (χ4v) is 3.62. The number of rotatable bonds is 7. The summed E-state index contributed by atoms with van der Waals surface area (Å²) < 4.78 is 16.5. The van der Waals surface area contributed by atoms with Gasteiger partial charge in [-0.05, 0) is 62.0 Å². The molecule has 1 fully saturated rings. The van der Waals surface area contributed by atoms with E-state index in [4.69, 9.17) is 38.0 Å². The van der Waals surface area contributed by atoms with Crippen molar-refractivity contribution in [3.8, 4) is 17.2 Å². The first-order valence-electron chi connectivity index (χ1n) is 9.54. The number of benzene rings is 2. The molecular formula is C22H21ClN2O5S. The second-order valence-corrected chi connectivity index (χ2v) is 7.12. The van der Waals surface area contributed by atoms with Crippen LogP contribution in [0.25, 0.3) is 6.08 Å². The summed E-state index contributed by atoms with van der Waals surface area (Å²) in [6.07, 6.45) is 1.44. The Morgan fingerprint density at radius 1 is 1.10 bits per heavy atom. The lowest BCUT2D eigenvalue weighted by Crippen LogP contribution is -2.54. The summed E-state index contributed by atoms with van der Waals surface area (Å²) in [4.78, 5) is 27.1. The van der Waals surface area contributed by atoms with Gasteiger partial charge in [0.15, 0.2) is 16.6 Å². The molecule has 162 valence electrons. The van der Waals surface area contributed by atoms with Gasteiger partial charge >= 0.3 is 0 Å². The summed E-state index contributed by atoms with van der Waals surface area (Å²) in [5.74, 6) is 0.0793. The first kappa shape index (κ1) is 22.6. The minimum Gasteiger partial charge on any atom is -0.495 e. The van der Waals surface area contributed by atoms with Gasteiger partial charge in [0.05, 0.1) is 31.0 Å². The van der Waals surface area contributed by atoms with Gasteiger partial charge in [-0.3, -0.25) is 14.9 Å². The van der Waals surface area contributed by atoms with Crippen molar-refractivity contribution in [3.63, 3.8) is 0 Å². The molecule has 0 aromatic heterocycles. The van der Waals surface area contributed by atoms with Crippen LogP contribution in [0.4, 0.5) is 5.69 Å². The lowest BCUT2D eigenvalue weighted by Gasteiger charge is -2.29. The first-order valence-corrected chi connectivity index (χ1v) is 10.3. The van der Waals surface area contributed by atoms with E-state index in [1.807, 2.05) is 13.8 Å². The van der Waals surface area contributed by atoms with E-state index in [1.165, 1.54) is 18.1 Å². The molecule has 1 aliphatic heterocycles. The molecule has 2 aromatic rings. The molecule has 0 unspecified atom stereocenters. The van der Waals surface area contributed by atoms with Crippen molar-refractivity contribution < 1.29 is 23.8 Å². The molecule has 3 rings (SSSR count). The zero-order valence-electron chi connectivity index (χ0n) is 17.2. The number of nitrogens with one attached hydrogen (secondary N) is 1. The molecule has 0 spiro atoms. The minimum absolute atomic E-state index is 0.0311. The number of anilines is 1. The molecule has 1 N–H and O–H groups in total. The standard InChI is InChI=1S/C22H21ClN2O5S/c1-4-29-18-12-13(11-15(23)19(18)30-5-2)10-14-20(26)24-22(31)25(21(14)27)16-8-6-7-9-17(16)28-3/h6-12H,4-5H2,1-3H3,(H,24,26,31)/b14-10+. The summed E-state index contributed by atoms with van der Waals surface area (Å²) in [6, 6.07) is 10.2. The highest BCUT2D eigenvalue weighted by atomic mass is 35.5. The molecular weight excluding hydrogens is 440 g/mol. The van der Waals surface area contributed by atoms with E-state index >= 15 is 0 Å². The van der Waals surface area contributed by atoms with Gasteiger partial charge in [0, 0.05) is 0 Å². The largest absolute Gasteiger partial charge is 0.495 e. The fourth-order valence-electron chi connectivity index (χ4n) is 3.08. The van der Waals surface area contributed by atoms with Crippen LogP contribution in [0.3, 0.4) is 0 Å². The summed E-state index contributed by atoms with van der Waals surface area (Å²) in [5.41, 5.74) is 0.816. The number of halogens is 1. The Morgan fingerprint density at radius 3 is 2.48 bits per heavy atom. The molecule has 2 aromatic carbocycles. The molecule has 1 heterocycles. The number of nitrogens with zero attached hydrogens (tertiary/aromatic N) is 1. The van der Waals surface area contributed by atoms with Gasteiger partial charge < -0.3 is 14.2 Å². The van der Waals surface area contributed by atoms with Crippen molar-refractivity contribution in [3.05, 3.63) is 52.6 Å². The molecule has 0 aliphatic carbocycles. The van der Waals surface area contributed by atoms with Gasteiger partial charge in [-0.25, -0.2) is 4.90 Å². The van der Waals surface area contributed by atoms with E-state index in [1.54, 1.807) is 36.4 Å². The average molecular weight is 461 g/mol. The number of ether oxygens (including phenoxy) is 3. The zero-order chi connectivity index (χ0) is 22.5. The third-order valence-electron chi connectivity index (χ3n) is 4.36. The highest BCUT2D eigenvalue weighted by Crippen LogP contribution is 2.38. The van der Waals surface area contributed by atoms with Gasteiger partial charge in [-0.15, -0.1) is 0 Å². The van der Waals surface area contributed by atoms with Crippen LogP contribution >= 0.6 is 23.8 Å². The fraction of sp³-hybridized carbons (Fsp3) is 0.227. The predicted octanol–water partition coefficient (Wildman–Crippen LogP) is 3.98. The Hall–Kier alpha value is -3.10. The highest BCUT2D eigenvalue weighted by Gasteiger charge is 2.35. The normalized spacial score (nSPS) is 15.2. The molecule has 0 bridgehead atoms. The van der Waals surface area contributed by atoms with E-state index in [-0.39, 0.29) is 10.7 Å².